The van der Waals surface area contributed by atoms with Crippen LogP contribution in [0.2, 0.25) is 0 Å². The predicted molar refractivity (Wildman–Crippen MR) is 74.0 cm³/mol. The molecule has 0 aromatic heterocycles. The van der Waals surface area contributed by atoms with Crippen LogP contribution in [-0.4, -0.2) is 31.8 Å². The molecule has 18 heavy (non-hydrogen) atoms. The molecule has 1 aromatic carbocycles. The minimum atomic E-state index is -0.159. The van der Waals surface area contributed by atoms with Crippen molar-refractivity contribution in [3.63, 3.8) is 0 Å². The number of nitrogens with two attached hydrogens (primary N) is 1. The molecule has 2 N–H and O–H groups in total. The molecule has 0 spiro atoms. The van der Waals surface area contributed by atoms with Gasteiger partial charge in [-0.3, -0.25) is 0 Å². The summed E-state index contributed by atoms with van der Waals surface area (Å²) in [6.07, 6.45) is 2.19. The van der Waals surface area contributed by atoms with Crippen LogP contribution < -0.4 is 10.6 Å². The molecule has 2 unspecified atom stereocenters. The van der Waals surface area contributed by atoms with Crippen LogP contribution >= 0.6 is 0 Å². The zero-order valence-electron chi connectivity index (χ0n) is 11.1. The summed E-state index contributed by atoms with van der Waals surface area (Å²) in [7, 11) is 0. The molecule has 3 heteroatoms. The molecule has 3 nitrogen and oxygen atoms in total. The summed E-state index contributed by atoms with van der Waals surface area (Å²) >= 11 is 0. The van der Waals surface area contributed by atoms with Gasteiger partial charge in [0.25, 0.3) is 0 Å². The number of rotatable bonds is 2. The van der Waals surface area contributed by atoms with E-state index in [9.17, 15) is 0 Å². The first-order chi connectivity index (χ1) is 8.68. The molecule has 0 bridgehead atoms. The monoisotopic (exact) mass is 246 g/mol. The van der Waals surface area contributed by atoms with Crippen LogP contribution in [0.4, 0.5) is 5.69 Å². The van der Waals surface area contributed by atoms with Gasteiger partial charge in [0.05, 0.1) is 12.1 Å². The Morgan fingerprint density at radius 3 is 3.06 bits per heavy atom. The molecule has 1 aromatic rings. The van der Waals surface area contributed by atoms with Gasteiger partial charge in [-0.2, -0.15) is 0 Å². The van der Waals surface area contributed by atoms with Gasteiger partial charge in [0.1, 0.15) is 0 Å². The third kappa shape index (κ3) is 2.13. The summed E-state index contributed by atoms with van der Waals surface area (Å²) in [5.41, 5.74) is 9.09. The number of ether oxygens (including phenoxy) is 1. The van der Waals surface area contributed by atoms with E-state index in [1.54, 1.807) is 0 Å². The smallest absolute Gasteiger partial charge is 0.0664 e. The Morgan fingerprint density at radius 1 is 1.44 bits per heavy atom. The van der Waals surface area contributed by atoms with E-state index in [0.717, 1.165) is 26.1 Å². The van der Waals surface area contributed by atoms with Gasteiger partial charge in [-0.05, 0) is 30.4 Å². The van der Waals surface area contributed by atoms with Crippen molar-refractivity contribution in [1.82, 2.24) is 0 Å². The van der Waals surface area contributed by atoms with E-state index in [-0.39, 0.29) is 5.54 Å². The Bertz CT molecular complexity index is 426. The van der Waals surface area contributed by atoms with Gasteiger partial charge in [0.2, 0.25) is 0 Å². The lowest BCUT2D eigenvalue weighted by atomic mass is 9.90. The van der Waals surface area contributed by atoms with Crippen molar-refractivity contribution in [3.05, 3.63) is 29.8 Å². The fourth-order valence-electron chi connectivity index (χ4n) is 3.11. The van der Waals surface area contributed by atoms with Crippen LogP contribution in [0.5, 0.6) is 0 Å². The van der Waals surface area contributed by atoms with Crippen molar-refractivity contribution in [2.24, 2.45) is 5.73 Å². The SMILES string of the molecule is CC1CCN(CC2(N)CCOC2)c2ccccc21. The van der Waals surface area contributed by atoms with E-state index in [4.69, 9.17) is 10.5 Å². The second-order valence-electron chi connectivity index (χ2n) is 5.84. The molecule has 0 radical (unpaired) electrons. The van der Waals surface area contributed by atoms with Gasteiger partial charge in [-0.25, -0.2) is 0 Å². The largest absolute Gasteiger partial charge is 0.379 e. The first kappa shape index (κ1) is 12.0. The van der Waals surface area contributed by atoms with Gasteiger partial charge in [0, 0.05) is 25.4 Å². The molecular formula is C15H22N2O. The summed E-state index contributed by atoms with van der Waals surface area (Å²) in [4.78, 5) is 2.45. The van der Waals surface area contributed by atoms with Crippen LogP contribution in [0.1, 0.15) is 31.2 Å². The first-order valence-electron chi connectivity index (χ1n) is 6.88. The van der Waals surface area contributed by atoms with E-state index in [2.05, 4.69) is 36.1 Å². The summed E-state index contributed by atoms with van der Waals surface area (Å²) < 4.78 is 5.46. The Labute approximate surface area is 109 Å². The second-order valence-corrected chi connectivity index (χ2v) is 5.84. The number of anilines is 1. The van der Waals surface area contributed by atoms with E-state index in [0.29, 0.717) is 12.5 Å². The molecular weight excluding hydrogens is 224 g/mol. The van der Waals surface area contributed by atoms with E-state index in [1.165, 1.54) is 17.7 Å². The fraction of sp³-hybridized carbons (Fsp3) is 0.600. The van der Waals surface area contributed by atoms with Gasteiger partial charge in [0.15, 0.2) is 0 Å². The Balaban J connectivity index is 1.84. The molecule has 1 saturated heterocycles. The highest BCUT2D eigenvalue weighted by molar-refractivity contribution is 5.57. The van der Waals surface area contributed by atoms with Crippen molar-refractivity contribution in [1.29, 1.82) is 0 Å². The maximum Gasteiger partial charge on any atom is 0.0664 e. The van der Waals surface area contributed by atoms with E-state index >= 15 is 0 Å². The van der Waals surface area contributed by atoms with E-state index < -0.39 is 0 Å². The third-order valence-electron chi connectivity index (χ3n) is 4.28. The maximum atomic E-state index is 6.42. The van der Waals surface area contributed by atoms with Crippen molar-refractivity contribution in [3.8, 4) is 0 Å². The Hall–Kier alpha value is -1.06. The number of benzene rings is 1. The summed E-state index contributed by atoms with van der Waals surface area (Å²) in [6, 6.07) is 8.73. The molecule has 2 aliphatic rings. The number of hydrogen-bond donors (Lipinski definition) is 1. The van der Waals surface area contributed by atoms with Crippen LogP contribution in [0.3, 0.4) is 0 Å². The molecule has 0 aliphatic carbocycles. The minimum absolute atomic E-state index is 0.159. The van der Waals surface area contributed by atoms with Crippen LogP contribution in [0.25, 0.3) is 0 Å². The average Bonchev–Trinajstić information content (AvgIpc) is 2.80. The van der Waals surface area contributed by atoms with E-state index in [1.807, 2.05) is 0 Å². The number of nitrogens with zero attached hydrogens (tertiary/aromatic N) is 1. The Morgan fingerprint density at radius 2 is 2.28 bits per heavy atom. The van der Waals surface area contributed by atoms with Crippen molar-refractivity contribution in [2.75, 3.05) is 31.2 Å². The van der Waals surface area contributed by atoms with Gasteiger partial charge in [-0.1, -0.05) is 25.1 Å². The standard InChI is InChI=1S/C15H22N2O/c1-12-6-8-17(10-15(16)7-9-18-11-15)14-5-3-2-4-13(12)14/h2-5,12H,6-11,16H2,1H3. The van der Waals surface area contributed by atoms with Crippen LogP contribution in [0, 0.1) is 0 Å². The quantitative estimate of drug-likeness (QED) is 0.868. The molecule has 1 fully saturated rings. The number of hydrogen-bond acceptors (Lipinski definition) is 3. The maximum absolute atomic E-state index is 6.42. The van der Waals surface area contributed by atoms with Gasteiger partial charge < -0.3 is 15.4 Å². The Kier molecular flexibility index (Phi) is 3.04. The molecule has 2 heterocycles. The summed E-state index contributed by atoms with van der Waals surface area (Å²) in [5, 5.41) is 0. The molecule has 3 rings (SSSR count). The zero-order chi connectivity index (χ0) is 12.6. The lowest BCUT2D eigenvalue weighted by molar-refractivity contribution is 0.179. The highest BCUT2D eigenvalue weighted by Crippen LogP contribution is 2.35. The summed E-state index contributed by atoms with van der Waals surface area (Å²) in [5.74, 6) is 0.658. The van der Waals surface area contributed by atoms with Gasteiger partial charge >= 0.3 is 0 Å². The lowest BCUT2D eigenvalue weighted by Crippen LogP contribution is -2.52. The molecule has 2 aliphatic heterocycles. The zero-order valence-corrected chi connectivity index (χ0v) is 11.1. The normalized spacial score (nSPS) is 31.4. The minimum Gasteiger partial charge on any atom is -0.379 e. The fourth-order valence-corrected chi connectivity index (χ4v) is 3.11. The first-order valence-corrected chi connectivity index (χ1v) is 6.88. The summed E-state index contributed by atoms with van der Waals surface area (Å²) in [6.45, 7) is 5.84. The predicted octanol–water partition coefficient (Wildman–Crippen LogP) is 2.12. The average molecular weight is 246 g/mol. The highest BCUT2D eigenvalue weighted by atomic mass is 16.5. The lowest BCUT2D eigenvalue weighted by Gasteiger charge is -2.38. The molecule has 0 saturated carbocycles. The van der Waals surface area contributed by atoms with Gasteiger partial charge in [-0.15, -0.1) is 0 Å². The molecule has 2 atom stereocenters. The third-order valence-corrected chi connectivity index (χ3v) is 4.28. The van der Waals surface area contributed by atoms with Crippen molar-refractivity contribution >= 4 is 5.69 Å². The highest BCUT2D eigenvalue weighted by Gasteiger charge is 2.34. The topological polar surface area (TPSA) is 38.5 Å². The number of fused-ring (bicyclic) bond motifs is 1. The number of para-hydroxylation sites is 1. The second kappa shape index (κ2) is 4.56. The molecule has 98 valence electrons. The van der Waals surface area contributed by atoms with Crippen LogP contribution in [-0.2, 0) is 4.74 Å². The van der Waals surface area contributed by atoms with Crippen molar-refractivity contribution in [2.45, 2.75) is 31.2 Å². The van der Waals surface area contributed by atoms with Crippen LogP contribution in [0.15, 0.2) is 24.3 Å². The molecule has 0 amide bonds. The van der Waals surface area contributed by atoms with Crippen molar-refractivity contribution < 1.29 is 4.74 Å².